The summed E-state index contributed by atoms with van der Waals surface area (Å²) in [6.07, 6.45) is 1.44. The van der Waals surface area contributed by atoms with Gasteiger partial charge in [0.15, 0.2) is 0 Å². The lowest BCUT2D eigenvalue weighted by Gasteiger charge is -2.14. The maximum atomic E-state index is 13.6. The van der Waals surface area contributed by atoms with E-state index in [0.717, 1.165) is 5.56 Å². The van der Waals surface area contributed by atoms with E-state index in [4.69, 9.17) is 4.42 Å². The fraction of sp³-hybridized carbons (Fsp3) is 0.312. The monoisotopic (exact) mass is 291 g/mol. The van der Waals surface area contributed by atoms with Crippen LogP contribution in [0.15, 0.2) is 34.9 Å². The fourth-order valence-corrected chi connectivity index (χ4v) is 2.01. The summed E-state index contributed by atoms with van der Waals surface area (Å²) < 4.78 is 23.3. The summed E-state index contributed by atoms with van der Waals surface area (Å²) in [4.78, 5) is 11.5. The lowest BCUT2D eigenvalue weighted by Crippen LogP contribution is -2.19. The Morgan fingerprint density at radius 2 is 2.19 bits per heavy atom. The van der Waals surface area contributed by atoms with Gasteiger partial charge in [0, 0.05) is 18.2 Å². The van der Waals surface area contributed by atoms with Gasteiger partial charge in [-0.1, -0.05) is 12.1 Å². The van der Waals surface area contributed by atoms with E-state index in [1.54, 1.807) is 19.1 Å². The van der Waals surface area contributed by atoms with Gasteiger partial charge in [0.1, 0.15) is 5.82 Å². The van der Waals surface area contributed by atoms with Gasteiger partial charge in [0.05, 0.1) is 13.4 Å². The van der Waals surface area contributed by atoms with Gasteiger partial charge < -0.3 is 14.5 Å². The van der Waals surface area contributed by atoms with Crippen LogP contribution in [0.5, 0.6) is 0 Å². The Morgan fingerprint density at radius 3 is 2.86 bits per heavy atom. The number of carbonyl (C=O) groups excluding carboxylic acids is 1. The third-order valence-corrected chi connectivity index (χ3v) is 3.41. The molecule has 0 aliphatic rings. The topological polar surface area (TPSA) is 51.5 Å². The number of esters is 1. The van der Waals surface area contributed by atoms with Crippen molar-refractivity contribution in [2.45, 2.75) is 26.4 Å². The van der Waals surface area contributed by atoms with Gasteiger partial charge in [-0.3, -0.25) is 0 Å². The lowest BCUT2D eigenvalue weighted by molar-refractivity contribution is 0.0563. The summed E-state index contributed by atoms with van der Waals surface area (Å²) in [6, 6.07) is 6.80. The highest BCUT2D eigenvalue weighted by molar-refractivity contribution is 5.87. The number of hydrogen-bond acceptors (Lipinski definition) is 4. The van der Waals surface area contributed by atoms with E-state index in [-0.39, 0.29) is 17.6 Å². The zero-order chi connectivity index (χ0) is 15.4. The first-order chi connectivity index (χ1) is 10.0. The number of aryl methyl sites for hydroxylation is 1. The normalized spacial score (nSPS) is 12.2. The predicted molar refractivity (Wildman–Crippen MR) is 76.4 cm³/mol. The molecule has 1 atom stereocenters. The molecule has 0 saturated carbocycles. The molecule has 0 fully saturated rings. The van der Waals surface area contributed by atoms with E-state index >= 15 is 0 Å². The number of benzene rings is 1. The number of nitrogens with one attached hydrogen (secondary N) is 1. The highest BCUT2D eigenvalue weighted by Gasteiger charge is 2.16. The van der Waals surface area contributed by atoms with Gasteiger partial charge in [-0.2, -0.15) is 0 Å². The Labute approximate surface area is 122 Å². The second-order valence-corrected chi connectivity index (χ2v) is 4.88. The van der Waals surface area contributed by atoms with Crippen LogP contribution in [0.1, 0.15) is 40.2 Å². The van der Waals surface area contributed by atoms with E-state index in [2.05, 4.69) is 10.1 Å². The molecule has 1 aromatic carbocycles. The van der Waals surface area contributed by atoms with Gasteiger partial charge >= 0.3 is 5.97 Å². The molecule has 4 nitrogen and oxygen atoms in total. The van der Waals surface area contributed by atoms with Crippen LogP contribution < -0.4 is 5.32 Å². The Hall–Kier alpha value is -2.14. The van der Waals surface area contributed by atoms with Crippen molar-refractivity contribution in [3.63, 3.8) is 0 Å². The molecule has 112 valence electrons. The first kappa shape index (κ1) is 15.3. The number of hydrogen-bond donors (Lipinski definition) is 1. The number of ether oxygens (including phenoxy) is 1. The average Bonchev–Trinajstić information content (AvgIpc) is 2.95. The third kappa shape index (κ3) is 3.49. The second kappa shape index (κ2) is 6.54. The van der Waals surface area contributed by atoms with Crippen molar-refractivity contribution in [1.29, 1.82) is 0 Å². The smallest absolute Gasteiger partial charge is 0.374 e. The molecule has 5 heteroatoms. The van der Waals surface area contributed by atoms with Crippen molar-refractivity contribution in [2.75, 3.05) is 7.11 Å². The summed E-state index contributed by atoms with van der Waals surface area (Å²) >= 11 is 0. The Morgan fingerprint density at radius 1 is 1.43 bits per heavy atom. The quantitative estimate of drug-likeness (QED) is 0.858. The van der Waals surface area contributed by atoms with Gasteiger partial charge in [0.2, 0.25) is 5.76 Å². The zero-order valence-corrected chi connectivity index (χ0v) is 12.3. The van der Waals surface area contributed by atoms with Gasteiger partial charge in [-0.05, 0) is 37.1 Å². The summed E-state index contributed by atoms with van der Waals surface area (Å²) in [7, 11) is 1.31. The summed E-state index contributed by atoms with van der Waals surface area (Å²) in [5, 5.41) is 3.23. The average molecular weight is 291 g/mol. The van der Waals surface area contributed by atoms with Crippen LogP contribution in [0.4, 0.5) is 4.39 Å². The molecular weight excluding hydrogens is 273 g/mol. The molecule has 0 bridgehead atoms. The number of carbonyl (C=O) groups is 1. The van der Waals surface area contributed by atoms with Crippen molar-refractivity contribution in [1.82, 2.24) is 5.32 Å². The van der Waals surface area contributed by atoms with Crippen LogP contribution in [0.3, 0.4) is 0 Å². The van der Waals surface area contributed by atoms with Crippen molar-refractivity contribution in [3.05, 3.63) is 58.8 Å². The minimum Gasteiger partial charge on any atom is -0.463 e. The highest BCUT2D eigenvalue weighted by Crippen LogP contribution is 2.18. The molecule has 0 aliphatic carbocycles. The van der Waals surface area contributed by atoms with Crippen LogP contribution in [-0.4, -0.2) is 13.1 Å². The summed E-state index contributed by atoms with van der Waals surface area (Å²) in [5.41, 5.74) is 2.18. The predicted octanol–water partition coefficient (Wildman–Crippen LogP) is 3.36. The number of halogens is 1. The zero-order valence-electron chi connectivity index (χ0n) is 12.3. The van der Waals surface area contributed by atoms with Gasteiger partial charge in [-0.25, -0.2) is 9.18 Å². The van der Waals surface area contributed by atoms with Crippen LogP contribution in [0, 0.1) is 12.7 Å². The van der Waals surface area contributed by atoms with Gasteiger partial charge in [-0.15, -0.1) is 0 Å². The van der Waals surface area contributed by atoms with Crippen molar-refractivity contribution in [3.8, 4) is 0 Å². The maximum absolute atomic E-state index is 13.6. The van der Waals surface area contributed by atoms with E-state index in [1.165, 1.54) is 19.4 Å². The standard InChI is InChI=1S/C16H18FNO3/c1-10-4-5-12(8-14(10)17)11(2)18-9-13-6-7-21-15(13)16(19)20-3/h4-8,11,18H,9H2,1-3H3. The Kier molecular flexibility index (Phi) is 4.75. The lowest BCUT2D eigenvalue weighted by atomic mass is 10.1. The van der Waals surface area contributed by atoms with E-state index < -0.39 is 5.97 Å². The van der Waals surface area contributed by atoms with Crippen molar-refractivity contribution >= 4 is 5.97 Å². The fourth-order valence-electron chi connectivity index (χ4n) is 2.01. The van der Waals surface area contributed by atoms with Crippen LogP contribution in [0.2, 0.25) is 0 Å². The summed E-state index contributed by atoms with van der Waals surface area (Å²) in [5.74, 6) is -0.544. The van der Waals surface area contributed by atoms with Crippen LogP contribution in [-0.2, 0) is 11.3 Å². The number of rotatable bonds is 5. The number of furan rings is 1. The largest absolute Gasteiger partial charge is 0.463 e. The maximum Gasteiger partial charge on any atom is 0.374 e. The molecule has 1 heterocycles. The molecule has 0 aliphatic heterocycles. The van der Waals surface area contributed by atoms with Crippen LogP contribution >= 0.6 is 0 Å². The molecule has 0 amide bonds. The SMILES string of the molecule is COC(=O)c1occc1CNC(C)c1ccc(C)c(F)c1. The summed E-state index contributed by atoms with van der Waals surface area (Å²) in [6.45, 7) is 4.09. The molecule has 2 aromatic rings. The highest BCUT2D eigenvalue weighted by atomic mass is 19.1. The van der Waals surface area contributed by atoms with Crippen molar-refractivity contribution < 1.29 is 18.3 Å². The van der Waals surface area contributed by atoms with E-state index in [0.29, 0.717) is 17.7 Å². The molecule has 1 N–H and O–H groups in total. The molecule has 0 radical (unpaired) electrons. The Bertz CT molecular complexity index is 636. The molecule has 0 saturated heterocycles. The first-order valence-corrected chi connectivity index (χ1v) is 6.67. The minimum absolute atomic E-state index is 0.0551. The second-order valence-electron chi connectivity index (χ2n) is 4.88. The van der Waals surface area contributed by atoms with Crippen LogP contribution in [0.25, 0.3) is 0 Å². The molecule has 0 spiro atoms. The molecular formula is C16H18FNO3. The Balaban J connectivity index is 2.04. The minimum atomic E-state index is -0.508. The molecule has 1 unspecified atom stereocenters. The van der Waals surface area contributed by atoms with Gasteiger partial charge in [0.25, 0.3) is 0 Å². The third-order valence-electron chi connectivity index (χ3n) is 3.41. The molecule has 1 aromatic heterocycles. The number of methoxy groups -OCH3 is 1. The molecule has 21 heavy (non-hydrogen) atoms. The molecule has 2 rings (SSSR count). The van der Waals surface area contributed by atoms with E-state index in [1.807, 2.05) is 13.0 Å². The van der Waals surface area contributed by atoms with E-state index in [9.17, 15) is 9.18 Å². The van der Waals surface area contributed by atoms with Crippen molar-refractivity contribution in [2.24, 2.45) is 0 Å². The first-order valence-electron chi connectivity index (χ1n) is 6.67.